The van der Waals surface area contributed by atoms with E-state index in [4.69, 9.17) is 5.26 Å². The Morgan fingerprint density at radius 2 is 1.89 bits per heavy atom. The summed E-state index contributed by atoms with van der Waals surface area (Å²) >= 11 is 0. The molecule has 0 unspecified atom stereocenters. The normalized spacial score (nSPS) is 8.95. The van der Waals surface area contributed by atoms with Crippen LogP contribution in [0.5, 0.6) is 0 Å². The molecule has 0 amide bonds. The number of benzene rings is 1. The molecular formula is C16H19N3. The van der Waals surface area contributed by atoms with Crippen molar-refractivity contribution < 1.29 is 0 Å². The smallest absolute Gasteiger partial charge is 0.126 e. The third-order valence-corrected chi connectivity index (χ3v) is 2.37. The number of nitriles is 1. The van der Waals surface area contributed by atoms with E-state index < -0.39 is 0 Å². The summed E-state index contributed by atoms with van der Waals surface area (Å²) in [6.07, 6.45) is 2.98. The molecule has 1 N–H and O–H groups in total. The summed E-state index contributed by atoms with van der Waals surface area (Å²) in [6, 6.07) is 13.6. The summed E-state index contributed by atoms with van der Waals surface area (Å²) in [5.74, 6) is 0.797. The molecule has 0 aliphatic carbocycles. The van der Waals surface area contributed by atoms with Crippen LogP contribution in [0.3, 0.4) is 0 Å². The molecular weight excluding hydrogens is 234 g/mol. The van der Waals surface area contributed by atoms with Crippen LogP contribution in [0, 0.1) is 11.3 Å². The van der Waals surface area contributed by atoms with Gasteiger partial charge in [-0.15, -0.1) is 0 Å². The maximum absolute atomic E-state index is 9.02. The van der Waals surface area contributed by atoms with E-state index in [-0.39, 0.29) is 0 Å². The summed E-state index contributed by atoms with van der Waals surface area (Å²) in [6.45, 7) is 4.25. The van der Waals surface area contributed by atoms with Crippen molar-refractivity contribution in [1.82, 2.24) is 4.98 Å². The molecule has 2 rings (SSSR count). The topological polar surface area (TPSA) is 48.7 Å². The van der Waals surface area contributed by atoms with E-state index in [2.05, 4.69) is 30.2 Å². The summed E-state index contributed by atoms with van der Waals surface area (Å²) in [5, 5.41) is 12.0. The van der Waals surface area contributed by atoms with Crippen LogP contribution in [0.25, 0.3) is 11.1 Å². The predicted molar refractivity (Wildman–Crippen MR) is 79.9 cm³/mol. The van der Waals surface area contributed by atoms with Gasteiger partial charge in [-0.2, -0.15) is 5.26 Å². The van der Waals surface area contributed by atoms with Crippen LogP contribution in [0.15, 0.2) is 42.6 Å². The third kappa shape index (κ3) is 4.11. The van der Waals surface area contributed by atoms with Gasteiger partial charge in [0, 0.05) is 13.2 Å². The van der Waals surface area contributed by atoms with Crippen molar-refractivity contribution in [2.75, 3.05) is 12.4 Å². The highest BCUT2D eigenvalue weighted by Crippen LogP contribution is 2.24. The van der Waals surface area contributed by atoms with E-state index >= 15 is 0 Å². The maximum atomic E-state index is 9.02. The standard InChI is InChI=1S/C13H11N3.C3H8/c1-15-13-8-10(6-7-16-13)12-5-3-2-4-11(12)9-14;1-3-2/h2-8H,1H3,(H,15,16);3H2,1-2H3. The number of hydrogen-bond donors (Lipinski definition) is 1. The SMILES string of the molecule is CCC.CNc1cc(-c2ccccc2C#N)ccn1. The Labute approximate surface area is 114 Å². The van der Waals surface area contributed by atoms with Crippen molar-refractivity contribution in [1.29, 1.82) is 5.26 Å². The van der Waals surface area contributed by atoms with E-state index in [9.17, 15) is 0 Å². The quantitative estimate of drug-likeness (QED) is 0.877. The number of anilines is 1. The Balaban J connectivity index is 0.000000550. The molecule has 3 nitrogen and oxygen atoms in total. The van der Waals surface area contributed by atoms with E-state index in [1.807, 2.05) is 43.4 Å². The third-order valence-electron chi connectivity index (χ3n) is 2.37. The molecule has 1 aromatic carbocycles. The molecule has 0 radical (unpaired) electrons. The molecule has 0 aliphatic heterocycles. The molecule has 1 heterocycles. The van der Waals surface area contributed by atoms with Gasteiger partial charge in [-0.05, 0) is 29.3 Å². The first-order valence-electron chi connectivity index (χ1n) is 6.40. The van der Waals surface area contributed by atoms with Crippen LogP contribution < -0.4 is 5.32 Å². The Kier molecular flexibility index (Phi) is 6.11. The van der Waals surface area contributed by atoms with E-state index in [0.717, 1.165) is 16.9 Å². The van der Waals surface area contributed by atoms with Gasteiger partial charge in [-0.3, -0.25) is 0 Å². The van der Waals surface area contributed by atoms with E-state index in [1.54, 1.807) is 6.20 Å². The van der Waals surface area contributed by atoms with E-state index in [0.29, 0.717) is 5.56 Å². The lowest BCUT2D eigenvalue weighted by Gasteiger charge is -2.05. The molecule has 0 saturated carbocycles. The van der Waals surface area contributed by atoms with Crippen molar-refractivity contribution in [3.05, 3.63) is 48.2 Å². The molecule has 0 spiro atoms. The fourth-order valence-corrected chi connectivity index (χ4v) is 1.57. The van der Waals surface area contributed by atoms with Crippen molar-refractivity contribution in [2.24, 2.45) is 0 Å². The molecule has 98 valence electrons. The zero-order valence-electron chi connectivity index (χ0n) is 11.6. The molecule has 0 atom stereocenters. The predicted octanol–water partition coefficient (Wildman–Crippen LogP) is 4.08. The maximum Gasteiger partial charge on any atom is 0.126 e. The van der Waals surface area contributed by atoms with Gasteiger partial charge < -0.3 is 5.32 Å². The second-order valence-electron chi connectivity index (χ2n) is 4.04. The van der Waals surface area contributed by atoms with Gasteiger partial charge in [0.2, 0.25) is 0 Å². The van der Waals surface area contributed by atoms with E-state index in [1.165, 1.54) is 6.42 Å². The Hall–Kier alpha value is -2.34. The minimum absolute atomic E-state index is 0.677. The van der Waals surface area contributed by atoms with Gasteiger partial charge >= 0.3 is 0 Å². The fraction of sp³-hybridized carbons (Fsp3) is 0.250. The van der Waals surface area contributed by atoms with Gasteiger partial charge in [0.25, 0.3) is 0 Å². The highest BCUT2D eigenvalue weighted by Gasteiger charge is 2.04. The van der Waals surface area contributed by atoms with Gasteiger partial charge in [0.1, 0.15) is 5.82 Å². The van der Waals surface area contributed by atoms with Crippen LogP contribution >= 0.6 is 0 Å². The Bertz CT molecular complexity index is 556. The first kappa shape index (κ1) is 14.7. The first-order chi connectivity index (χ1) is 9.26. The summed E-state index contributed by atoms with van der Waals surface area (Å²) in [4.78, 5) is 4.14. The fourth-order valence-electron chi connectivity index (χ4n) is 1.57. The first-order valence-corrected chi connectivity index (χ1v) is 6.40. The minimum Gasteiger partial charge on any atom is -0.373 e. The molecule has 19 heavy (non-hydrogen) atoms. The number of nitrogens with one attached hydrogen (secondary N) is 1. The monoisotopic (exact) mass is 253 g/mol. The number of pyridine rings is 1. The number of hydrogen-bond acceptors (Lipinski definition) is 3. The lowest BCUT2D eigenvalue weighted by atomic mass is 10.0. The van der Waals surface area contributed by atoms with Gasteiger partial charge in [-0.25, -0.2) is 4.98 Å². The van der Waals surface area contributed by atoms with Gasteiger partial charge in [0.05, 0.1) is 11.6 Å². The van der Waals surface area contributed by atoms with Crippen molar-refractivity contribution in [3.63, 3.8) is 0 Å². The van der Waals surface area contributed by atoms with Crippen LogP contribution in [0.1, 0.15) is 25.8 Å². The summed E-state index contributed by atoms with van der Waals surface area (Å²) in [5.41, 5.74) is 2.61. The molecule has 0 bridgehead atoms. The zero-order valence-corrected chi connectivity index (χ0v) is 11.6. The summed E-state index contributed by atoms with van der Waals surface area (Å²) < 4.78 is 0. The number of nitrogens with zero attached hydrogens (tertiary/aromatic N) is 2. The average molecular weight is 253 g/mol. The molecule has 3 heteroatoms. The second kappa shape index (κ2) is 7.88. The minimum atomic E-state index is 0.677. The van der Waals surface area contributed by atoms with Crippen LogP contribution in [0.4, 0.5) is 5.82 Å². The van der Waals surface area contributed by atoms with Gasteiger partial charge in [0.15, 0.2) is 0 Å². The van der Waals surface area contributed by atoms with Crippen molar-refractivity contribution in [3.8, 4) is 17.2 Å². The van der Waals surface area contributed by atoms with Crippen LogP contribution in [0.2, 0.25) is 0 Å². The summed E-state index contributed by atoms with van der Waals surface area (Å²) in [7, 11) is 1.82. The number of aromatic nitrogens is 1. The number of rotatable bonds is 2. The average Bonchev–Trinajstić information content (AvgIpc) is 2.48. The lowest BCUT2D eigenvalue weighted by Crippen LogP contribution is -1.92. The highest BCUT2D eigenvalue weighted by atomic mass is 14.9. The molecule has 0 fully saturated rings. The molecule has 2 aromatic rings. The van der Waals surface area contributed by atoms with Crippen molar-refractivity contribution >= 4 is 5.82 Å². The lowest BCUT2D eigenvalue weighted by molar-refractivity contribution is 1.09. The second-order valence-corrected chi connectivity index (χ2v) is 4.04. The Morgan fingerprint density at radius 3 is 2.53 bits per heavy atom. The molecule has 0 saturated heterocycles. The largest absolute Gasteiger partial charge is 0.373 e. The van der Waals surface area contributed by atoms with Crippen molar-refractivity contribution in [2.45, 2.75) is 20.3 Å². The van der Waals surface area contributed by atoms with Crippen LogP contribution in [-0.4, -0.2) is 12.0 Å². The highest BCUT2D eigenvalue weighted by molar-refractivity contribution is 5.72. The Morgan fingerprint density at radius 1 is 1.21 bits per heavy atom. The molecule has 1 aromatic heterocycles. The van der Waals surface area contributed by atoms with Gasteiger partial charge in [-0.1, -0.05) is 38.5 Å². The zero-order chi connectivity index (χ0) is 14.1. The van der Waals surface area contributed by atoms with Crippen LogP contribution in [-0.2, 0) is 0 Å². The molecule has 0 aliphatic rings.